The molecule has 2 aromatic rings. The summed E-state index contributed by atoms with van der Waals surface area (Å²) in [5, 5.41) is 7.98. The molecule has 0 saturated heterocycles. The van der Waals surface area contributed by atoms with Crippen LogP contribution in [0, 0.1) is 0 Å². The van der Waals surface area contributed by atoms with Gasteiger partial charge in [-0.25, -0.2) is 30.8 Å². The van der Waals surface area contributed by atoms with Gasteiger partial charge in [-0.15, -0.1) is 0 Å². The summed E-state index contributed by atoms with van der Waals surface area (Å²) in [6.45, 7) is 1.78. The number of rotatable bonds is 5. The second-order valence-corrected chi connectivity index (χ2v) is 3.38. The molecule has 0 fully saturated rings. The number of hydrogen-bond donors (Lipinski definition) is 2. The number of nitrogens with zero attached hydrogens (tertiary/aromatic N) is 6. The minimum Gasteiger partial charge on any atom is -0.245 e. The van der Waals surface area contributed by atoms with E-state index in [2.05, 4.69) is 41.0 Å². The first-order chi connectivity index (χ1) is 9.34. The third-order valence-corrected chi connectivity index (χ3v) is 1.88. The molecule has 0 radical (unpaired) electrons. The van der Waals surface area contributed by atoms with Crippen LogP contribution in [-0.2, 0) is 0 Å². The lowest BCUT2D eigenvalue weighted by molar-refractivity contribution is 1.11. The molecule has 0 aromatic carbocycles. The van der Waals surface area contributed by atoms with Crippen LogP contribution in [-0.4, -0.2) is 31.9 Å². The fraction of sp³-hybridized carbons (Fsp3) is 0.0909. The van der Waals surface area contributed by atoms with E-state index in [1.165, 1.54) is 6.21 Å². The van der Waals surface area contributed by atoms with E-state index >= 15 is 0 Å². The molecule has 2 heterocycles. The number of anilines is 2. The van der Waals surface area contributed by atoms with Gasteiger partial charge in [0.2, 0.25) is 11.9 Å². The first-order valence-corrected chi connectivity index (χ1v) is 5.48. The van der Waals surface area contributed by atoms with Crippen molar-refractivity contribution < 1.29 is 0 Å². The normalized spacial score (nSPS) is 11.5. The SMILES string of the molecule is CC(/C=N/Nc1ncccn1)=N\Nc1ncccn1. The molecular weight excluding hydrogens is 244 g/mol. The summed E-state index contributed by atoms with van der Waals surface area (Å²) in [6, 6.07) is 3.46. The largest absolute Gasteiger partial charge is 0.245 e. The molecule has 0 atom stereocenters. The van der Waals surface area contributed by atoms with E-state index in [0.717, 1.165) is 0 Å². The lowest BCUT2D eigenvalue weighted by atomic mass is 10.5. The van der Waals surface area contributed by atoms with Gasteiger partial charge >= 0.3 is 0 Å². The first-order valence-electron chi connectivity index (χ1n) is 5.48. The van der Waals surface area contributed by atoms with Gasteiger partial charge in [-0.05, 0) is 19.1 Å². The van der Waals surface area contributed by atoms with Gasteiger partial charge in [0.15, 0.2) is 0 Å². The molecule has 0 aliphatic heterocycles. The Kier molecular flexibility index (Phi) is 4.46. The van der Waals surface area contributed by atoms with Crippen molar-refractivity contribution in [3.63, 3.8) is 0 Å². The van der Waals surface area contributed by atoms with Crippen LogP contribution in [0.1, 0.15) is 6.92 Å². The van der Waals surface area contributed by atoms with E-state index in [-0.39, 0.29) is 0 Å². The Morgan fingerprint density at radius 1 is 0.947 bits per heavy atom. The summed E-state index contributed by atoms with van der Waals surface area (Å²) in [5.74, 6) is 0.848. The molecule has 0 spiro atoms. The fourth-order valence-electron chi connectivity index (χ4n) is 1.06. The van der Waals surface area contributed by atoms with Crippen molar-refractivity contribution in [1.82, 2.24) is 19.9 Å². The fourth-order valence-corrected chi connectivity index (χ4v) is 1.06. The van der Waals surface area contributed by atoms with Crippen molar-refractivity contribution in [2.75, 3.05) is 10.9 Å². The quantitative estimate of drug-likeness (QED) is 0.615. The van der Waals surface area contributed by atoms with Crippen LogP contribution < -0.4 is 10.9 Å². The van der Waals surface area contributed by atoms with Gasteiger partial charge < -0.3 is 0 Å². The Labute approximate surface area is 109 Å². The van der Waals surface area contributed by atoms with Crippen LogP contribution in [0.25, 0.3) is 0 Å². The molecule has 0 unspecified atom stereocenters. The van der Waals surface area contributed by atoms with Crippen LogP contribution in [0.15, 0.2) is 47.1 Å². The van der Waals surface area contributed by atoms with Gasteiger partial charge in [0, 0.05) is 24.8 Å². The van der Waals surface area contributed by atoms with Crippen molar-refractivity contribution in [1.29, 1.82) is 0 Å². The molecule has 0 saturated carbocycles. The van der Waals surface area contributed by atoms with Gasteiger partial charge in [0.25, 0.3) is 0 Å². The molecule has 96 valence electrons. The van der Waals surface area contributed by atoms with Crippen molar-refractivity contribution in [2.45, 2.75) is 6.92 Å². The van der Waals surface area contributed by atoms with Gasteiger partial charge in [0.05, 0.1) is 11.9 Å². The van der Waals surface area contributed by atoms with Crippen molar-refractivity contribution in [3.8, 4) is 0 Å². The second kappa shape index (κ2) is 6.74. The number of hydrogen-bond acceptors (Lipinski definition) is 8. The highest BCUT2D eigenvalue weighted by Gasteiger charge is 1.91. The summed E-state index contributed by atoms with van der Waals surface area (Å²) in [5.41, 5.74) is 6.04. The van der Waals surface area contributed by atoms with E-state index in [1.807, 2.05) is 0 Å². The Morgan fingerprint density at radius 2 is 1.47 bits per heavy atom. The Hall–Kier alpha value is -2.90. The van der Waals surface area contributed by atoms with E-state index in [9.17, 15) is 0 Å². The van der Waals surface area contributed by atoms with Crippen LogP contribution >= 0.6 is 0 Å². The van der Waals surface area contributed by atoms with Crippen LogP contribution in [0.5, 0.6) is 0 Å². The maximum Gasteiger partial charge on any atom is 0.243 e. The highest BCUT2D eigenvalue weighted by atomic mass is 15.4. The first kappa shape index (κ1) is 12.6. The predicted octanol–water partition coefficient (Wildman–Crippen LogP) is 1.15. The predicted molar refractivity (Wildman–Crippen MR) is 72.9 cm³/mol. The molecule has 0 aliphatic carbocycles. The maximum absolute atomic E-state index is 4.04. The van der Waals surface area contributed by atoms with E-state index in [4.69, 9.17) is 0 Å². The molecule has 2 N–H and O–H groups in total. The monoisotopic (exact) mass is 256 g/mol. The number of hydrazone groups is 2. The lowest BCUT2D eigenvalue weighted by Gasteiger charge is -1.98. The third-order valence-electron chi connectivity index (χ3n) is 1.88. The minimum atomic E-state index is 0.422. The summed E-state index contributed by atoms with van der Waals surface area (Å²) in [7, 11) is 0. The molecule has 2 aromatic heterocycles. The van der Waals surface area contributed by atoms with Gasteiger partial charge in [-0.3, -0.25) is 0 Å². The molecule has 0 bridgehead atoms. The standard InChI is InChI=1S/C11H12N8/c1-9(17-19-11-14-6-3-7-15-11)8-16-18-10-12-4-2-5-13-10/h2-8H,1H3,(H,12,13,18)(H,14,15,19)/b16-8+,17-9+. The second-order valence-electron chi connectivity index (χ2n) is 3.38. The Morgan fingerprint density at radius 3 is 2.05 bits per heavy atom. The maximum atomic E-state index is 4.04. The number of aromatic nitrogens is 4. The smallest absolute Gasteiger partial charge is 0.243 e. The molecule has 8 nitrogen and oxygen atoms in total. The van der Waals surface area contributed by atoms with Gasteiger partial charge in [-0.1, -0.05) is 0 Å². The minimum absolute atomic E-state index is 0.422. The van der Waals surface area contributed by atoms with Crippen molar-refractivity contribution >= 4 is 23.8 Å². The van der Waals surface area contributed by atoms with E-state index in [0.29, 0.717) is 17.6 Å². The molecule has 8 heteroatoms. The van der Waals surface area contributed by atoms with Crippen molar-refractivity contribution in [3.05, 3.63) is 36.9 Å². The molecule has 0 aliphatic rings. The molecular formula is C11H12N8. The zero-order valence-electron chi connectivity index (χ0n) is 10.2. The highest BCUT2D eigenvalue weighted by Crippen LogP contribution is 1.94. The summed E-state index contributed by atoms with van der Waals surface area (Å²) in [4.78, 5) is 15.9. The summed E-state index contributed by atoms with van der Waals surface area (Å²) < 4.78 is 0. The zero-order chi connectivity index (χ0) is 13.3. The summed E-state index contributed by atoms with van der Waals surface area (Å²) in [6.07, 6.45) is 8.04. The zero-order valence-corrected chi connectivity index (χ0v) is 10.2. The van der Waals surface area contributed by atoms with E-state index in [1.54, 1.807) is 43.8 Å². The Balaban J connectivity index is 1.85. The third kappa shape index (κ3) is 4.46. The average molecular weight is 256 g/mol. The average Bonchev–Trinajstić information content (AvgIpc) is 2.47. The van der Waals surface area contributed by atoms with Gasteiger partial charge in [0.1, 0.15) is 0 Å². The van der Waals surface area contributed by atoms with Crippen LogP contribution in [0.4, 0.5) is 11.9 Å². The van der Waals surface area contributed by atoms with E-state index < -0.39 is 0 Å². The topological polar surface area (TPSA) is 100 Å². The number of nitrogens with one attached hydrogen (secondary N) is 2. The molecule has 2 rings (SSSR count). The van der Waals surface area contributed by atoms with Gasteiger partial charge in [-0.2, -0.15) is 10.2 Å². The molecule has 19 heavy (non-hydrogen) atoms. The van der Waals surface area contributed by atoms with Crippen LogP contribution in [0.2, 0.25) is 0 Å². The molecule has 0 amide bonds. The Bertz CT molecular complexity index is 551. The summed E-state index contributed by atoms with van der Waals surface area (Å²) >= 11 is 0. The lowest BCUT2D eigenvalue weighted by Crippen LogP contribution is -2.03. The van der Waals surface area contributed by atoms with Crippen molar-refractivity contribution in [2.24, 2.45) is 10.2 Å². The van der Waals surface area contributed by atoms with Crippen LogP contribution in [0.3, 0.4) is 0 Å². The highest BCUT2D eigenvalue weighted by molar-refractivity contribution is 6.29.